The fourth-order valence-corrected chi connectivity index (χ4v) is 10.2. The van der Waals surface area contributed by atoms with Crippen LogP contribution in [0, 0.1) is 0 Å². The lowest BCUT2D eigenvalue weighted by atomic mass is 9.81. The number of fused-ring (bicyclic) bond motifs is 1. The molecule has 224 valence electrons. The van der Waals surface area contributed by atoms with Crippen LogP contribution >= 0.6 is 7.26 Å². The number of para-hydroxylation sites is 2. The van der Waals surface area contributed by atoms with Crippen molar-refractivity contribution in [3.8, 4) is 0 Å². The molecule has 6 rings (SSSR count). The number of esters is 1. The highest BCUT2D eigenvalue weighted by Gasteiger charge is 2.58. The van der Waals surface area contributed by atoms with Crippen LogP contribution in [0.5, 0.6) is 0 Å². The third kappa shape index (κ3) is 5.49. The second kappa shape index (κ2) is 13.0. The van der Waals surface area contributed by atoms with Crippen LogP contribution in [0.2, 0.25) is 0 Å². The van der Waals surface area contributed by atoms with Gasteiger partial charge in [0.1, 0.15) is 23.2 Å². The fourth-order valence-electron chi connectivity index (χ4n) is 6.27. The summed E-state index contributed by atoms with van der Waals surface area (Å²) < 4.78 is 6.38. The molecule has 1 aliphatic rings. The minimum Gasteiger partial charge on any atom is -0.438 e. The molecule has 5 aromatic carbocycles. The molecular formula is C39H35NO4P+. The SMILES string of the molecule is CCCCC1(OC(=O)C[P+](c2ccccc2)(c2ccccc2)c2ccccc2)C(=O)c2ccccc2N(c2ccccc2)C1=O. The van der Waals surface area contributed by atoms with Crippen LogP contribution in [0.3, 0.4) is 0 Å². The van der Waals surface area contributed by atoms with Gasteiger partial charge in [-0.15, -0.1) is 0 Å². The number of Topliss-reactive ketones (excluding diaryl/α,β-unsaturated/α-hetero) is 1. The number of amides is 1. The molecule has 1 unspecified atom stereocenters. The highest BCUT2D eigenvalue weighted by Crippen LogP contribution is 2.55. The van der Waals surface area contributed by atoms with E-state index in [9.17, 15) is 14.4 Å². The monoisotopic (exact) mass is 612 g/mol. The van der Waals surface area contributed by atoms with E-state index in [1.165, 1.54) is 4.90 Å². The highest BCUT2D eigenvalue weighted by atomic mass is 31.2. The molecule has 0 spiro atoms. The van der Waals surface area contributed by atoms with Gasteiger partial charge in [-0.3, -0.25) is 14.5 Å². The number of unbranched alkanes of at least 4 members (excludes halogenated alkanes) is 1. The molecule has 45 heavy (non-hydrogen) atoms. The summed E-state index contributed by atoms with van der Waals surface area (Å²) in [5.41, 5.74) is -0.530. The van der Waals surface area contributed by atoms with Crippen LogP contribution in [-0.2, 0) is 14.3 Å². The summed E-state index contributed by atoms with van der Waals surface area (Å²) in [5.74, 6) is -1.59. The molecule has 0 radical (unpaired) electrons. The van der Waals surface area contributed by atoms with Crippen molar-refractivity contribution in [2.45, 2.75) is 31.8 Å². The van der Waals surface area contributed by atoms with E-state index in [1.807, 2.05) is 91.9 Å². The molecule has 6 heteroatoms. The Morgan fingerprint density at radius 1 is 0.667 bits per heavy atom. The molecular weight excluding hydrogens is 577 g/mol. The van der Waals surface area contributed by atoms with Gasteiger partial charge in [-0.25, -0.2) is 4.79 Å². The Morgan fingerprint density at radius 3 is 1.64 bits per heavy atom. The standard InChI is InChI=1S/C39H35NO4P/c1-2-3-28-39(37(42)34-26-16-17-27-35(34)40(38(39)43)30-18-8-4-9-19-30)44-36(41)29-45(31-20-10-5-11-21-31,32-22-12-6-13-23-32)33-24-14-7-15-25-33/h4-27H,2-3,28-29H2,1H3/q+1. The topological polar surface area (TPSA) is 63.7 Å². The molecule has 0 saturated heterocycles. The van der Waals surface area contributed by atoms with E-state index >= 15 is 0 Å². The van der Waals surface area contributed by atoms with Gasteiger partial charge in [-0.2, -0.15) is 0 Å². The summed E-state index contributed by atoms with van der Waals surface area (Å²) in [7, 11) is -2.62. The van der Waals surface area contributed by atoms with E-state index in [0.717, 1.165) is 22.3 Å². The Morgan fingerprint density at radius 2 is 1.13 bits per heavy atom. The zero-order valence-corrected chi connectivity index (χ0v) is 26.1. The Bertz CT molecular complexity index is 1700. The molecule has 5 nitrogen and oxygen atoms in total. The van der Waals surface area contributed by atoms with Gasteiger partial charge in [0.15, 0.2) is 6.16 Å². The van der Waals surface area contributed by atoms with Crippen LogP contribution in [0.1, 0.15) is 36.5 Å². The minimum atomic E-state index is -2.62. The fraction of sp³-hybridized carbons (Fsp3) is 0.154. The van der Waals surface area contributed by atoms with Crippen molar-refractivity contribution in [3.05, 3.63) is 151 Å². The number of hydrogen-bond donors (Lipinski definition) is 0. The van der Waals surface area contributed by atoms with Gasteiger partial charge in [-0.05, 0) is 67.1 Å². The molecule has 0 N–H and O–H groups in total. The number of benzene rings is 5. The molecule has 1 aliphatic heterocycles. The maximum absolute atomic E-state index is 14.7. The number of carbonyl (C=O) groups is 3. The lowest BCUT2D eigenvalue weighted by Crippen LogP contribution is -2.59. The number of anilines is 2. The van der Waals surface area contributed by atoms with Gasteiger partial charge in [0.05, 0.1) is 5.69 Å². The van der Waals surface area contributed by atoms with Crippen molar-refractivity contribution in [2.24, 2.45) is 0 Å². The van der Waals surface area contributed by atoms with E-state index in [-0.39, 0.29) is 12.6 Å². The molecule has 1 amide bonds. The number of ether oxygens (including phenoxy) is 1. The Balaban J connectivity index is 1.49. The lowest BCUT2D eigenvalue weighted by molar-refractivity contribution is -0.160. The van der Waals surface area contributed by atoms with E-state index in [4.69, 9.17) is 4.74 Å². The first kappa shape index (κ1) is 30.2. The molecule has 0 saturated carbocycles. The zero-order chi connectivity index (χ0) is 31.3. The quantitative estimate of drug-likeness (QED) is 0.0967. The van der Waals surface area contributed by atoms with E-state index in [2.05, 4.69) is 36.4 Å². The van der Waals surface area contributed by atoms with Crippen molar-refractivity contribution < 1.29 is 19.1 Å². The van der Waals surface area contributed by atoms with E-state index in [1.54, 1.807) is 24.3 Å². The normalized spacial score (nSPS) is 16.2. The first-order chi connectivity index (χ1) is 22.0. The van der Waals surface area contributed by atoms with Gasteiger partial charge >= 0.3 is 5.97 Å². The number of rotatable bonds is 10. The van der Waals surface area contributed by atoms with Crippen LogP contribution in [0.15, 0.2) is 146 Å². The van der Waals surface area contributed by atoms with Crippen molar-refractivity contribution in [1.29, 1.82) is 0 Å². The van der Waals surface area contributed by atoms with Crippen molar-refractivity contribution in [3.63, 3.8) is 0 Å². The van der Waals surface area contributed by atoms with Gasteiger partial charge in [0.2, 0.25) is 5.78 Å². The number of carbonyl (C=O) groups excluding carboxylic acids is 3. The second-order valence-corrected chi connectivity index (χ2v) is 14.7. The largest absolute Gasteiger partial charge is 0.438 e. The van der Waals surface area contributed by atoms with Gasteiger partial charge in [0, 0.05) is 17.7 Å². The number of nitrogens with zero attached hydrogens (tertiary/aromatic N) is 1. The van der Waals surface area contributed by atoms with Crippen molar-refractivity contribution >= 4 is 52.2 Å². The Labute approximate surface area is 264 Å². The van der Waals surface area contributed by atoms with Gasteiger partial charge < -0.3 is 4.74 Å². The molecule has 5 aromatic rings. The van der Waals surface area contributed by atoms with Crippen LogP contribution in [0.25, 0.3) is 0 Å². The van der Waals surface area contributed by atoms with E-state index < -0.39 is 30.5 Å². The van der Waals surface area contributed by atoms with Crippen LogP contribution in [-0.4, -0.2) is 29.4 Å². The maximum atomic E-state index is 14.7. The lowest BCUT2D eigenvalue weighted by Gasteiger charge is -2.41. The molecule has 1 atom stereocenters. The third-order valence-electron chi connectivity index (χ3n) is 8.45. The first-order valence-electron chi connectivity index (χ1n) is 15.3. The molecule has 1 heterocycles. The third-order valence-corrected chi connectivity index (χ3v) is 12.7. The summed E-state index contributed by atoms with van der Waals surface area (Å²) in [4.78, 5) is 45.2. The average Bonchev–Trinajstić information content (AvgIpc) is 3.10. The maximum Gasteiger partial charge on any atom is 0.346 e. The highest BCUT2D eigenvalue weighted by molar-refractivity contribution is 7.96. The summed E-state index contributed by atoms with van der Waals surface area (Å²) >= 11 is 0. The van der Waals surface area contributed by atoms with Gasteiger partial charge in [0.25, 0.3) is 11.5 Å². The molecule has 0 aliphatic carbocycles. The van der Waals surface area contributed by atoms with Crippen molar-refractivity contribution in [2.75, 3.05) is 11.1 Å². The smallest absolute Gasteiger partial charge is 0.346 e. The van der Waals surface area contributed by atoms with Crippen molar-refractivity contribution in [1.82, 2.24) is 0 Å². The van der Waals surface area contributed by atoms with Crippen LogP contribution < -0.4 is 20.8 Å². The number of ketones is 1. The number of hydrogen-bond acceptors (Lipinski definition) is 4. The Hall–Kier alpha value is -4.86. The average molecular weight is 613 g/mol. The summed E-state index contributed by atoms with van der Waals surface area (Å²) in [5, 5.41) is 3.04. The van der Waals surface area contributed by atoms with Gasteiger partial charge in [-0.1, -0.05) is 98.3 Å². The predicted octanol–water partition coefficient (Wildman–Crippen LogP) is 7.01. The predicted molar refractivity (Wildman–Crippen MR) is 183 cm³/mol. The second-order valence-electron chi connectivity index (χ2n) is 11.2. The zero-order valence-electron chi connectivity index (χ0n) is 25.2. The Kier molecular flexibility index (Phi) is 8.73. The minimum absolute atomic E-state index is 0.00748. The van der Waals surface area contributed by atoms with E-state index in [0.29, 0.717) is 23.4 Å². The summed E-state index contributed by atoms with van der Waals surface area (Å²) in [6.07, 6.45) is 1.35. The first-order valence-corrected chi connectivity index (χ1v) is 17.3. The molecule has 0 bridgehead atoms. The van der Waals surface area contributed by atoms with Crippen LogP contribution in [0.4, 0.5) is 11.4 Å². The molecule has 0 aromatic heterocycles. The molecule has 0 fully saturated rings. The summed E-state index contributed by atoms with van der Waals surface area (Å²) in [6.45, 7) is 1.99. The summed E-state index contributed by atoms with van der Waals surface area (Å²) in [6, 6.07) is 46.4.